The van der Waals surface area contributed by atoms with E-state index in [4.69, 9.17) is 4.74 Å². The van der Waals surface area contributed by atoms with Crippen LogP contribution in [0.4, 0.5) is 10.3 Å². The van der Waals surface area contributed by atoms with E-state index in [2.05, 4.69) is 15.3 Å². The largest absolute Gasteiger partial charge is 0.385 e. The first-order valence-electron chi connectivity index (χ1n) is 5.68. The highest BCUT2D eigenvalue weighted by molar-refractivity contribution is 5.40. The second kappa shape index (κ2) is 6.11. The molecule has 2 rings (SSSR count). The van der Waals surface area contributed by atoms with E-state index >= 15 is 0 Å². The third kappa shape index (κ3) is 3.04. The van der Waals surface area contributed by atoms with E-state index in [1.54, 1.807) is 30.3 Å². The molecular formula is C12H15FN4O. The molecule has 0 saturated heterocycles. The third-order valence-electron chi connectivity index (χ3n) is 2.42. The van der Waals surface area contributed by atoms with Crippen molar-refractivity contribution in [3.8, 4) is 5.69 Å². The van der Waals surface area contributed by atoms with E-state index in [0.717, 1.165) is 13.0 Å². The number of imidazole rings is 1. The molecule has 0 aliphatic heterocycles. The molecular weight excluding hydrogens is 235 g/mol. The molecule has 0 aromatic carbocycles. The lowest BCUT2D eigenvalue weighted by Crippen LogP contribution is -2.09. The zero-order valence-corrected chi connectivity index (χ0v) is 10.1. The molecule has 0 aliphatic rings. The Kier molecular flexibility index (Phi) is 4.25. The van der Waals surface area contributed by atoms with Crippen LogP contribution in [-0.4, -0.2) is 34.8 Å². The molecule has 0 fully saturated rings. The van der Waals surface area contributed by atoms with Crippen molar-refractivity contribution in [3.63, 3.8) is 0 Å². The van der Waals surface area contributed by atoms with Gasteiger partial charge in [0.05, 0.1) is 18.1 Å². The molecule has 0 amide bonds. The molecule has 2 heterocycles. The van der Waals surface area contributed by atoms with Crippen molar-refractivity contribution in [2.24, 2.45) is 0 Å². The van der Waals surface area contributed by atoms with Gasteiger partial charge in [-0.05, 0) is 6.42 Å². The van der Waals surface area contributed by atoms with Crippen molar-refractivity contribution in [1.29, 1.82) is 0 Å². The van der Waals surface area contributed by atoms with E-state index < -0.39 is 0 Å². The Hall–Kier alpha value is -1.95. The lowest BCUT2D eigenvalue weighted by atomic mass is 10.4. The van der Waals surface area contributed by atoms with Crippen LogP contribution in [0.15, 0.2) is 30.9 Å². The summed E-state index contributed by atoms with van der Waals surface area (Å²) in [5.74, 6) is 0.296. The average molecular weight is 250 g/mol. The minimum atomic E-state index is -0.369. The molecule has 0 atom stereocenters. The van der Waals surface area contributed by atoms with Crippen molar-refractivity contribution in [1.82, 2.24) is 14.5 Å². The first-order valence-corrected chi connectivity index (χ1v) is 5.68. The average Bonchev–Trinajstić information content (AvgIpc) is 2.83. The molecule has 0 unspecified atom stereocenters. The fraction of sp³-hybridized carbons (Fsp3) is 0.333. The second-order valence-electron chi connectivity index (χ2n) is 3.76. The molecule has 0 saturated carbocycles. The van der Waals surface area contributed by atoms with Gasteiger partial charge < -0.3 is 10.1 Å². The number of hydrogen-bond acceptors (Lipinski definition) is 4. The third-order valence-corrected chi connectivity index (χ3v) is 2.42. The Morgan fingerprint density at radius 2 is 2.33 bits per heavy atom. The van der Waals surface area contributed by atoms with Gasteiger partial charge in [0.2, 0.25) is 5.95 Å². The van der Waals surface area contributed by atoms with Gasteiger partial charge in [-0.25, -0.2) is 9.37 Å². The van der Waals surface area contributed by atoms with E-state index in [0.29, 0.717) is 18.2 Å². The second-order valence-corrected chi connectivity index (χ2v) is 3.76. The molecule has 5 nitrogen and oxygen atoms in total. The Morgan fingerprint density at radius 3 is 3.11 bits per heavy atom. The summed E-state index contributed by atoms with van der Waals surface area (Å²) in [6.45, 7) is 1.43. The minimum Gasteiger partial charge on any atom is -0.385 e. The standard InChI is InChI=1S/C12H15FN4O/c1-18-6-2-3-15-12-16-4-5-17(12)11-7-10(13)8-14-9-11/h4-5,7-9H,2-3,6H2,1H3,(H,15,16). The Labute approximate surface area is 105 Å². The van der Waals surface area contributed by atoms with Crippen molar-refractivity contribution < 1.29 is 9.13 Å². The number of halogens is 1. The summed E-state index contributed by atoms with van der Waals surface area (Å²) in [5, 5.41) is 3.17. The highest BCUT2D eigenvalue weighted by Crippen LogP contribution is 2.14. The predicted molar refractivity (Wildman–Crippen MR) is 66.3 cm³/mol. The van der Waals surface area contributed by atoms with Crippen LogP contribution in [0.1, 0.15) is 6.42 Å². The van der Waals surface area contributed by atoms with Crippen molar-refractivity contribution in [3.05, 3.63) is 36.7 Å². The van der Waals surface area contributed by atoms with Gasteiger partial charge in [0.15, 0.2) is 0 Å². The van der Waals surface area contributed by atoms with E-state index in [-0.39, 0.29) is 5.82 Å². The maximum absolute atomic E-state index is 13.1. The lowest BCUT2D eigenvalue weighted by molar-refractivity contribution is 0.197. The number of rotatable bonds is 6. The number of ether oxygens (including phenoxy) is 1. The molecule has 1 N–H and O–H groups in total. The SMILES string of the molecule is COCCCNc1nccn1-c1cncc(F)c1. The number of nitrogens with zero attached hydrogens (tertiary/aromatic N) is 3. The number of hydrogen-bond donors (Lipinski definition) is 1. The monoisotopic (exact) mass is 250 g/mol. The summed E-state index contributed by atoms with van der Waals surface area (Å²) < 4.78 is 19.8. The van der Waals surface area contributed by atoms with Crippen LogP contribution in [0.5, 0.6) is 0 Å². The maximum Gasteiger partial charge on any atom is 0.207 e. The zero-order chi connectivity index (χ0) is 12.8. The molecule has 2 aromatic heterocycles. The first kappa shape index (κ1) is 12.5. The maximum atomic E-state index is 13.1. The van der Waals surface area contributed by atoms with E-state index in [9.17, 15) is 4.39 Å². The van der Waals surface area contributed by atoms with E-state index in [1.807, 2.05) is 0 Å². The van der Waals surface area contributed by atoms with Gasteiger partial charge in [-0.15, -0.1) is 0 Å². The summed E-state index contributed by atoms with van der Waals surface area (Å²) in [6, 6.07) is 1.41. The number of methoxy groups -OCH3 is 1. The summed E-state index contributed by atoms with van der Waals surface area (Å²) in [6.07, 6.45) is 7.06. The van der Waals surface area contributed by atoms with E-state index in [1.165, 1.54) is 12.3 Å². The predicted octanol–water partition coefficient (Wildman–Crippen LogP) is 1.85. The summed E-state index contributed by atoms with van der Waals surface area (Å²) in [7, 11) is 1.67. The van der Waals surface area contributed by atoms with Gasteiger partial charge in [0.1, 0.15) is 5.82 Å². The highest BCUT2D eigenvalue weighted by atomic mass is 19.1. The topological polar surface area (TPSA) is 52.0 Å². The molecule has 0 bridgehead atoms. The summed E-state index contributed by atoms with van der Waals surface area (Å²) >= 11 is 0. The van der Waals surface area contributed by atoms with Gasteiger partial charge in [0, 0.05) is 38.7 Å². The van der Waals surface area contributed by atoms with Crippen LogP contribution in [0.2, 0.25) is 0 Å². The van der Waals surface area contributed by atoms with Crippen LogP contribution in [0, 0.1) is 5.82 Å². The summed E-state index contributed by atoms with van der Waals surface area (Å²) in [4.78, 5) is 8.00. The van der Waals surface area contributed by atoms with Gasteiger partial charge >= 0.3 is 0 Å². The summed E-state index contributed by atoms with van der Waals surface area (Å²) in [5.41, 5.74) is 0.641. The van der Waals surface area contributed by atoms with Gasteiger partial charge in [0.25, 0.3) is 0 Å². The molecule has 96 valence electrons. The molecule has 0 spiro atoms. The molecule has 18 heavy (non-hydrogen) atoms. The molecule has 6 heteroatoms. The molecule has 0 aliphatic carbocycles. The molecule has 2 aromatic rings. The van der Waals surface area contributed by atoms with Crippen LogP contribution in [0.3, 0.4) is 0 Å². The van der Waals surface area contributed by atoms with Crippen LogP contribution in [-0.2, 0) is 4.74 Å². The number of aromatic nitrogens is 3. The van der Waals surface area contributed by atoms with Gasteiger partial charge in [-0.3, -0.25) is 9.55 Å². The number of anilines is 1. The highest BCUT2D eigenvalue weighted by Gasteiger charge is 2.05. The fourth-order valence-corrected chi connectivity index (χ4v) is 1.59. The fourth-order valence-electron chi connectivity index (χ4n) is 1.59. The minimum absolute atomic E-state index is 0.369. The molecule has 0 radical (unpaired) electrons. The lowest BCUT2D eigenvalue weighted by Gasteiger charge is -2.09. The van der Waals surface area contributed by atoms with Crippen molar-refractivity contribution in [2.45, 2.75) is 6.42 Å². The number of pyridine rings is 1. The zero-order valence-electron chi connectivity index (χ0n) is 10.1. The Balaban J connectivity index is 2.08. The number of nitrogens with one attached hydrogen (secondary N) is 1. The van der Waals surface area contributed by atoms with Crippen molar-refractivity contribution >= 4 is 5.95 Å². The van der Waals surface area contributed by atoms with Crippen LogP contribution >= 0.6 is 0 Å². The van der Waals surface area contributed by atoms with Crippen LogP contribution < -0.4 is 5.32 Å². The van der Waals surface area contributed by atoms with Gasteiger partial charge in [-0.1, -0.05) is 0 Å². The van der Waals surface area contributed by atoms with Crippen molar-refractivity contribution in [2.75, 3.05) is 25.6 Å². The normalized spacial score (nSPS) is 10.6. The quantitative estimate of drug-likeness (QED) is 0.795. The Bertz CT molecular complexity index is 500. The Morgan fingerprint density at radius 1 is 1.44 bits per heavy atom. The first-order chi connectivity index (χ1) is 8.81. The van der Waals surface area contributed by atoms with Crippen LogP contribution in [0.25, 0.3) is 5.69 Å². The smallest absolute Gasteiger partial charge is 0.207 e. The van der Waals surface area contributed by atoms with Gasteiger partial charge in [-0.2, -0.15) is 0 Å².